The van der Waals surface area contributed by atoms with Crippen LogP contribution in [-0.2, 0) is 28.6 Å². The highest BCUT2D eigenvalue weighted by Gasteiger charge is 2.19. The smallest absolute Gasteiger partial charge is 0.306 e. The Balaban J connectivity index is 0. The number of allylic oxidation sites excluding steroid dienone is 6. The van der Waals surface area contributed by atoms with Gasteiger partial charge in [-0.1, -0.05) is 246 Å². The van der Waals surface area contributed by atoms with Crippen LogP contribution in [0.5, 0.6) is 0 Å². The Kier molecular flexibility index (Phi) is 59.3. The summed E-state index contributed by atoms with van der Waals surface area (Å²) in [6, 6.07) is 0. The number of rotatable bonds is 50. The number of hydrogen-bond acceptors (Lipinski definition) is 6. The van der Waals surface area contributed by atoms with E-state index in [1.165, 1.54) is 173 Å². The second-order valence-corrected chi connectivity index (χ2v) is 20.7. The topological polar surface area (TPSA) is 78.9 Å². The highest BCUT2D eigenvalue weighted by molar-refractivity contribution is 6.63. The molecular formula is C58H105Cl3O6. The summed E-state index contributed by atoms with van der Waals surface area (Å²) in [6.07, 6.45) is 61.2. The van der Waals surface area contributed by atoms with Crippen molar-refractivity contribution in [2.45, 2.75) is 301 Å². The zero-order chi connectivity index (χ0) is 49.4. The second kappa shape index (κ2) is 58.8. The van der Waals surface area contributed by atoms with Crippen LogP contribution in [0.3, 0.4) is 0 Å². The van der Waals surface area contributed by atoms with Gasteiger partial charge < -0.3 is 14.2 Å². The molecule has 0 saturated heterocycles. The molecule has 0 bridgehead atoms. The molecular weight excluding hydrogens is 899 g/mol. The number of ether oxygens (including phenoxy) is 3. The van der Waals surface area contributed by atoms with Crippen molar-refractivity contribution in [1.82, 2.24) is 0 Å². The van der Waals surface area contributed by atoms with E-state index in [1.807, 2.05) is 0 Å². The number of carbonyl (C=O) groups is 3. The number of halogens is 3. The molecule has 0 aliphatic carbocycles. The van der Waals surface area contributed by atoms with Gasteiger partial charge in [0.05, 0.1) is 0 Å². The highest BCUT2D eigenvalue weighted by atomic mass is 35.6. The predicted octanol–water partition coefficient (Wildman–Crippen LogP) is 20.1. The molecule has 0 rings (SSSR count). The molecule has 0 unspecified atom stereocenters. The minimum Gasteiger partial charge on any atom is -0.462 e. The van der Waals surface area contributed by atoms with E-state index in [9.17, 15) is 14.4 Å². The van der Waals surface area contributed by atoms with Crippen molar-refractivity contribution in [3.8, 4) is 0 Å². The van der Waals surface area contributed by atoms with Crippen LogP contribution in [0.2, 0.25) is 0 Å². The Morgan fingerprint density at radius 2 is 0.537 bits per heavy atom. The fourth-order valence-corrected chi connectivity index (χ4v) is 7.90. The quantitative estimate of drug-likeness (QED) is 0.0199. The molecule has 0 heterocycles. The number of alkyl halides is 3. The molecule has 0 saturated carbocycles. The van der Waals surface area contributed by atoms with Gasteiger partial charge in [0.25, 0.3) is 0 Å². The Hall–Kier alpha value is -1.50. The van der Waals surface area contributed by atoms with E-state index in [1.54, 1.807) is 0 Å². The standard InChI is InChI=1S/C57H104O6.CHCl3/c1-4-7-10-13-16-19-22-25-28-31-34-37-40-43-46-49-55(58)61-52-54(63-57(60)51-48-45-42-39-36-33-30-27-24-21-18-15-12-9-6-3)53-62-56(59)50-47-44-41-38-35-32-29-26-23-20-17-14-11-8-5-2;2-1(3)4/h25-30,54H,4-24,31-53H2,1-3H3;1H. The molecule has 0 spiro atoms. The van der Waals surface area contributed by atoms with Gasteiger partial charge >= 0.3 is 17.9 Å². The molecule has 0 aromatic carbocycles. The first-order chi connectivity index (χ1) is 32.8. The van der Waals surface area contributed by atoms with Gasteiger partial charge in [-0.15, -0.1) is 0 Å². The summed E-state index contributed by atoms with van der Waals surface area (Å²) < 4.78 is 16.1. The number of hydrogen-bond donors (Lipinski definition) is 0. The lowest BCUT2D eigenvalue weighted by atomic mass is 10.1. The number of esters is 3. The molecule has 0 atom stereocenters. The first kappa shape index (κ1) is 67.6. The summed E-state index contributed by atoms with van der Waals surface area (Å²) in [5.74, 6) is -0.893. The summed E-state index contributed by atoms with van der Waals surface area (Å²) in [5.41, 5.74) is 0. The fraction of sp³-hybridized carbons (Fsp3) is 0.845. The van der Waals surface area contributed by atoms with E-state index in [0.717, 1.165) is 77.0 Å². The third-order valence-electron chi connectivity index (χ3n) is 12.1. The van der Waals surface area contributed by atoms with Crippen molar-refractivity contribution in [3.05, 3.63) is 36.5 Å². The van der Waals surface area contributed by atoms with Crippen LogP contribution >= 0.6 is 34.8 Å². The summed E-state index contributed by atoms with van der Waals surface area (Å²) >= 11 is 14.4. The summed E-state index contributed by atoms with van der Waals surface area (Å²) in [4.78, 5) is 38.0. The lowest BCUT2D eigenvalue weighted by Gasteiger charge is -2.18. The molecule has 394 valence electrons. The summed E-state index contributed by atoms with van der Waals surface area (Å²) in [7, 11) is 0. The van der Waals surface area contributed by atoms with Gasteiger partial charge in [0.15, 0.2) is 10.4 Å². The molecule has 67 heavy (non-hydrogen) atoms. The molecule has 0 aliphatic rings. The third kappa shape index (κ3) is 62.5. The van der Waals surface area contributed by atoms with Gasteiger partial charge in [-0.25, -0.2) is 0 Å². The normalized spacial score (nSPS) is 12.0. The van der Waals surface area contributed by atoms with Crippen molar-refractivity contribution < 1.29 is 28.6 Å². The van der Waals surface area contributed by atoms with Gasteiger partial charge in [-0.3, -0.25) is 14.4 Å². The zero-order valence-corrected chi connectivity index (χ0v) is 46.1. The lowest BCUT2D eigenvalue weighted by Crippen LogP contribution is -2.30. The first-order valence-electron chi connectivity index (χ1n) is 28.1. The van der Waals surface area contributed by atoms with Gasteiger partial charge in [-0.2, -0.15) is 0 Å². The molecule has 0 radical (unpaired) electrons. The molecule has 6 nitrogen and oxygen atoms in total. The minimum atomic E-state index is -0.781. The Morgan fingerprint density at radius 3 is 0.791 bits per heavy atom. The van der Waals surface area contributed by atoms with Crippen molar-refractivity contribution in [1.29, 1.82) is 0 Å². The number of unbranched alkanes of at least 4 members (excludes halogenated alkanes) is 33. The molecule has 0 fully saturated rings. The van der Waals surface area contributed by atoms with Gasteiger partial charge in [-0.05, 0) is 96.3 Å². The summed E-state index contributed by atoms with van der Waals surface area (Å²) in [6.45, 7) is 6.63. The fourth-order valence-electron chi connectivity index (χ4n) is 7.90. The van der Waals surface area contributed by atoms with E-state index < -0.39 is 10.4 Å². The van der Waals surface area contributed by atoms with Crippen molar-refractivity contribution in [2.24, 2.45) is 0 Å². The second-order valence-electron chi connectivity index (χ2n) is 18.7. The van der Waals surface area contributed by atoms with Gasteiger partial charge in [0.2, 0.25) is 0 Å². The first-order valence-corrected chi connectivity index (χ1v) is 29.4. The largest absolute Gasteiger partial charge is 0.462 e. The van der Waals surface area contributed by atoms with E-state index in [4.69, 9.17) is 49.0 Å². The van der Waals surface area contributed by atoms with E-state index in [-0.39, 0.29) is 31.1 Å². The third-order valence-corrected chi connectivity index (χ3v) is 12.1. The SMILES string of the molecule is CCCCCCCCC=CCCCCCCCC(=O)OCC(COC(=O)CCCCCCCC=CCCCCCCCC)OC(=O)CCCCCCCC=CCCCCCCCC.ClC(Cl)Cl. The van der Waals surface area contributed by atoms with Crippen molar-refractivity contribution in [3.63, 3.8) is 0 Å². The van der Waals surface area contributed by atoms with Crippen molar-refractivity contribution in [2.75, 3.05) is 13.2 Å². The number of carbonyl (C=O) groups excluding carboxylic acids is 3. The van der Waals surface area contributed by atoms with E-state index in [0.29, 0.717) is 19.3 Å². The van der Waals surface area contributed by atoms with E-state index in [2.05, 4.69) is 57.2 Å². The molecule has 9 heteroatoms. The van der Waals surface area contributed by atoms with Crippen LogP contribution < -0.4 is 0 Å². The maximum atomic E-state index is 12.8. The Labute approximate surface area is 429 Å². The van der Waals surface area contributed by atoms with Crippen LogP contribution in [0, 0.1) is 0 Å². The Morgan fingerprint density at radius 1 is 0.328 bits per heavy atom. The molecule has 0 N–H and O–H groups in total. The van der Waals surface area contributed by atoms with Gasteiger partial charge in [0.1, 0.15) is 13.2 Å². The maximum Gasteiger partial charge on any atom is 0.306 e. The molecule has 0 aromatic heterocycles. The predicted molar refractivity (Wildman–Crippen MR) is 292 cm³/mol. The average Bonchev–Trinajstić information content (AvgIpc) is 3.30. The van der Waals surface area contributed by atoms with Crippen LogP contribution in [0.1, 0.15) is 290 Å². The lowest BCUT2D eigenvalue weighted by molar-refractivity contribution is -0.167. The summed E-state index contributed by atoms with van der Waals surface area (Å²) in [5, 5.41) is 0. The van der Waals surface area contributed by atoms with Gasteiger partial charge in [0, 0.05) is 19.3 Å². The minimum absolute atomic E-state index is 0.0806. The van der Waals surface area contributed by atoms with Crippen LogP contribution in [0.15, 0.2) is 36.5 Å². The monoisotopic (exact) mass is 1000 g/mol. The molecule has 0 aliphatic heterocycles. The average molecular weight is 1000 g/mol. The maximum absolute atomic E-state index is 12.8. The van der Waals surface area contributed by atoms with Crippen LogP contribution in [0.25, 0.3) is 0 Å². The zero-order valence-electron chi connectivity index (χ0n) is 43.8. The van der Waals surface area contributed by atoms with E-state index >= 15 is 0 Å². The van der Waals surface area contributed by atoms with Crippen molar-refractivity contribution >= 4 is 52.7 Å². The van der Waals surface area contributed by atoms with Crippen LogP contribution in [0.4, 0.5) is 0 Å². The molecule has 0 aromatic rings. The molecule has 0 amide bonds. The Bertz CT molecular complexity index is 1070. The van der Waals surface area contributed by atoms with Crippen LogP contribution in [-0.4, -0.2) is 41.5 Å². The highest BCUT2D eigenvalue weighted by Crippen LogP contribution is 2.15.